The van der Waals surface area contributed by atoms with E-state index in [-0.39, 0.29) is 12.5 Å². The van der Waals surface area contributed by atoms with Gasteiger partial charge in [0.2, 0.25) is 0 Å². The van der Waals surface area contributed by atoms with Crippen molar-refractivity contribution in [2.75, 3.05) is 6.61 Å². The molecule has 54 valence electrons. The van der Waals surface area contributed by atoms with E-state index in [9.17, 15) is 4.79 Å². The number of terminal acetylenes is 1. The third-order valence-electron chi connectivity index (χ3n) is 0.646. The van der Waals surface area contributed by atoms with Crippen LogP contribution in [0.15, 0.2) is 12.2 Å². The second-order valence-electron chi connectivity index (χ2n) is 1.46. The molecule has 0 saturated carbocycles. The number of allylic oxidation sites excluding steroid dienone is 1. The quantitative estimate of drug-likeness (QED) is 0.263. The molecule has 10 heavy (non-hydrogen) atoms. The maximum absolute atomic E-state index is 10.5. The molecule has 0 saturated heterocycles. The Kier molecular flexibility index (Phi) is 5.12. The minimum atomic E-state index is -0.308. The summed E-state index contributed by atoms with van der Waals surface area (Å²) in [5, 5.41) is 0. The molecule has 0 aliphatic rings. The van der Waals surface area contributed by atoms with E-state index in [2.05, 4.69) is 16.2 Å². The van der Waals surface area contributed by atoms with E-state index in [1.54, 1.807) is 13.0 Å². The summed E-state index contributed by atoms with van der Waals surface area (Å²) in [6, 6.07) is 0. The Labute approximate surface area is 60.0 Å². The van der Waals surface area contributed by atoms with Crippen molar-refractivity contribution in [3.63, 3.8) is 0 Å². The molecule has 0 spiro atoms. The van der Waals surface area contributed by atoms with Crippen molar-refractivity contribution in [3.05, 3.63) is 12.2 Å². The molecule has 3 heteroatoms. The SMILES string of the molecule is C#CCONC(=O)/C=C/C. The van der Waals surface area contributed by atoms with Gasteiger partial charge in [-0.05, 0) is 6.92 Å². The van der Waals surface area contributed by atoms with Crippen LogP contribution in [0.1, 0.15) is 6.92 Å². The Bertz CT molecular complexity index is 167. The normalized spacial score (nSPS) is 9.20. The first-order valence-corrected chi connectivity index (χ1v) is 2.79. The summed E-state index contributed by atoms with van der Waals surface area (Å²) < 4.78 is 0. The molecule has 1 N–H and O–H groups in total. The van der Waals surface area contributed by atoms with E-state index in [0.29, 0.717) is 0 Å². The van der Waals surface area contributed by atoms with Crippen LogP contribution < -0.4 is 5.48 Å². The van der Waals surface area contributed by atoms with Gasteiger partial charge in [-0.2, -0.15) is 0 Å². The Hall–Kier alpha value is -1.27. The number of nitrogens with one attached hydrogen (secondary N) is 1. The van der Waals surface area contributed by atoms with Crippen molar-refractivity contribution >= 4 is 5.91 Å². The highest BCUT2D eigenvalue weighted by atomic mass is 16.6. The molecule has 0 aliphatic heterocycles. The van der Waals surface area contributed by atoms with Gasteiger partial charge >= 0.3 is 0 Å². The monoisotopic (exact) mass is 139 g/mol. The smallest absolute Gasteiger partial charge is 0.267 e. The zero-order chi connectivity index (χ0) is 7.82. The average molecular weight is 139 g/mol. The fourth-order valence-electron chi connectivity index (χ4n) is 0.334. The Morgan fingerprint density at radius 1 is 1.90 bits per heavy atom. The van der Waals surface area contributed by atoms with Gasteiger partial charge in [0, 0.05) is 6.08 Å². The van der Waals surface area contributed by atoms with Gasteiger partial charge in [0.15, 0.2) is 0 Å². The van der Waals surface area contributed by atoms with Crippen LogP contribution in [0.5, 0.6) is 0 Å². The summed E-state index contributed by atoms with van der Waals surface area (Å²) in [7, 11) is 0. The third-order valence-corrected chi connectivity index (χ3v) is 0.646. The van der Waals surface area contributed by atoms with Crippen LogP contribution in [-0.2, 0) is 9.63 Å². The molecule has 0 fully saturated rings. The van der Waals surface area contributed by atoms with Gasteiger partial charge in [-0.3, -0.25) is 9.63 Å². The number of hydrogen-bond acceptors (Lipinski definition) is 2. The maximum Gasteiger partial charge on any atom is 0.267 e. The summed E-state index contributed by atoms with van der Waals surface area (Å²) >= 11 is 0. The van der Waals surface area contributed by atoms with Gasteiger partial charge in [-0.25, -0.2) is 5.48 Å². The summed E-state index contributed by atoms with van der Waals surface area (Å²) in [5.74, 6) is 1.90. The Morgan fingerprint density at radius 3 is 3.10 bits per heavy atom. The number of hydroxylamine groups is 1. The molecular formula is C7H9NO2. The summed E-state index contributed by atoms with van der Waals surface area (Å²) in [6.45, 7) is 1.82. The first kappa shape index (κ1) is 8.73. The molecule has 0 aromatic rings. The molecule has 0 rings (SSSR count). The lowest BCUT2D eigenvalue weighted by atomic mass is 10.5. The highest BCUT2D eigenvalue weighted by Crippen LogP contribution is 1.71. The fraction of sp³-hybridized carbons (Fsp3) is 0.286. The summed E-state index contributed by atoms with van der Waals surface area (Å²) in [5.41, 5.74) is 2.12. The molecule has 0 aliphatic carbocycles. The average Bonchev–Trinajstić information content (AvgIpc) is 1.89. The number of carbonyl (C=O) groups is 1. The maximum atomic E-state index is 10.5. The topological polar surface area (TPSA) is 38.3 Å². The van der Waals surface area contributed by atoms with Crippen molar-refractivity contribution in [2.45, 2.75) is 6.92 Å². The minimum Gasteiger partial charge on any atom is -0.268 e. The fourth-order valence-corrected chi connectivity index (χ4v) is 0.334. The van der Waals surface area contributed by atoms with Crippen molar-refractivity contribution in [3.8, 4) is 12.3 Å². The van der Waals surface area contributed by atoms with E-state index < -0.39 is 0 Å². The molecule has 0 radical (unpaired) electrons. The van der Waals surface area contributed by atoms with Crippen molar-refractivity contribution in [1.29, 1.82) is 0 Å². The summed E-state index contributed by atoms with van der Waals surface area (Å²) in [6.07, 6.45) is 7.79. The lowest BCUT2D eigenvalue weighted by Gasteiger charge is -1.96. The van der Waals surface area contributed by atoms with E-state index in [4.69, 9.17) is 6.42 Å². The summed E-state index contributed by atoms with van der Waals surface area (Å²) in [4.78, 5) is 15.0. The Morgan fingerprint density at radius 2 is 2.60 bits per heavy atom. The molecule has 1 amide bonds. The van der Waals surface area contributed by atoms with Crippen LogP contribution in [0, 0.1) is 12.3 Å². The van der Waals surface area contributed by atoms with Gasteiger partial charge in [0.05, 0.1) is 0 Å². The lowest BCUT2D eigenvalue weighted by Crippen LogP contribution is -2.21. The highest BCUT2D eigenvalue weighted by molar-refractivity contribution is 5.86. The van der Waals surface area contributed by atoms with Crippen LogP contribution in [0.4, 0.5) is 0 Å². The molecule has 0 atom stereocenters. The van der Waals surface area contributed by atoms with Crippen molar-refractivity contribution in [1.82, 2.24) is 5.48 Å². The van der Waals surface area contributed by atoms with Gasteiger partial charge in [-0.1, -0.05) is 12.0 Å². The number of amides is 1. The molecule has 0 heterocycles. The standard InChI is InChI=1S/C7H9NO2/c1-3-5-7(9)8-10-6-4-2/h2-3,5H,6H2,1H3,(H,8,9)/b5-3+. The number of rotatable bonds is 3. The van der Waals surface area contributed by atoms with Crippen LogP contribution in [-0.4, -0.2) is 12.5 Å². The Balaban J connectivity index is 3.33. The number of carbonyl (C=O) groups excluding carboxylic acids is 1. The molecule has 0 aromatic carbocycles. The highest BCUT2D eigenvalue weighted by Gasteiger charge is 1.89. The van der Waals surface area contributed by atoms with Gasteiger partial charge < -0.3 is 0 Å². The lowest BCUT2D eigenvalue weighted by molar-refractivity contribution is -0.127. The molecular weight excluding hydrogens is 130 g/mol. The van der Waals surface area contributed by atoms with Gasteiger partial charge in [-0.15, -0.1) is 6.42 Å². The molecule has 0 aromatic heterocycles. The first-order valence-electron chi connectivity index (χ1n) is 2.79. The molecule has 0 unspecified atom stereocenters. The van der Waals surface area contributed by atoms with Crippen molar-refractivity contribution < 1.29 is 9.63 Å². The second kappa shape index (κ2) is 5.86. The largest absolute Gasteiger partial charge is 0.268 e. The van der Waals surface area contributed by atoms with E-state index in [0.717, 1.165) is 0 Å². The molecule has 3 nitrogen and oxygen atoms in total. The van der Waals surface area contributed by atoms with Gasteiger partial charge in [0.25, 0.3) is 5.91 Å². The number of hydrogen-bond donors (Lipinski definition) is 1. The molecule has 0 bridgehead atoms. The van der Waals surface area contributed by atoms with Crippen LogP contribution >= 0.6 is 0 Å². The van der Waals surface area contributed by atoms with E-state index in [1.165, 1.54) is 6.08 Å². The third kappa shape index (κ3) is 4.88. The second-order valence-corrected chi connectivity index (χ2v) is 1.46. The van der Waals surface area contributed by atoms with Crippen LogP contribution in [0.3, 0.4) is 0 Å². The zero-order valence-electron chi connectivity index (χ0n) is 5.76. The van der Waals surface area contributed by atoms with E-state index >= 15 is 0 Å². The first-order chi connectivity index (χ1) is 4.81. The van der Waals surface area contributed by atoms with Gasteiger partial charge in [0.1, 0.15) is 6.61 Å². The van der Waals surface area contributed by atoms with Crippen LogP contribution in [0.2, 0.25) is 0 Å². The van der Waals surface area contributed by atoms with Crippen molar-refractivity contribution in [2.24, 2.45) is 0 Å². The predicted molar refractivity (Wildman–Crippen MR) is 37.7 cm³/mol. The van der Waals surface area contributed by atoms with E-state index in [1.807, 2.05) is 0 Å². The minimum absolute atomic E-state index is 0.0866. The van der Waals surface area contributed by atoms with Crippen LogP contribution in [0.25, 0.3) is 0 Å². The zero-order valence-corrected chi connectivity index (χ0v) is 5.76. The predicted octanol–water partition coefficient (Wildman–Crippen LogP) is 0.243.